The number of amides is 2. The van der Waals surface area contributed by atoms with Gasteiger partial charge < -0.3 is 15.7 Å². The summed E-state index contributed by atoms with van der Waals surface area (Å²) in [5.41, 5.74) is 0. The largest absolute Gasteiger partial charge is 0.481 e. The second kappa shape index (κ2) is 8.35. The lowest BCUT2D eigenvalue weighted by molar-refractivity contribution is -0.139. The summed E-state index contributed by atoms with van der Waals surface area (Å²) in [6.07, 6.45) is 1.64. The van der Waals surface area contributed by atoms with Gasteiger partial charge in [0.05, 0.1) is 6.42 Å². The number of carboxylic acid groups (broad SMARTS) is 1. The molecule has 1 heterocycles. The number of rotatable bonds is 8. The summed E-state index contributed by atoms with van der Waals surface area (Å²) in [5, 5.41) is 16.0. The Hall–Kier alpha value is -1.96. The highest BCUT2D eigenvalue weighted by atomic mass is 32.1. The van der Waals surface area contributed by atoms with Crippen LogP contribution in [-0.2, 0) is 14.4 Å². The molecule has 8 heteroatoms. The molecule has 1 unspecified atom stereocenters. The van der Waals surface area contributed by atoms with E-state index in [1.54, 1.807) is 11.6 Å². The average Bonchev–Trinajstić information content (AvgIpc) is 2.87. The van der Waals surface area contributed by atoms with Gasteiger partial charge >= 0.3 is 5.97 Å². The predicted molar refractivity (Wildman–Crippen MR) is 79.0 cm³/mol. The van der Waals surface area contributed by atoms with Crippen molar-refractivity contribution in [1.29, 1.82) is 0 Å². The van der Waals surface area contributed by atoms with Crippen molar-refractivity contribution < 1.29 is 19.5 Å². The van der Waals surface area contributed by atoms with Crippen LogP contribution < -0.4 is 10.6 Å². The van der Waals surface area contributed by atoms with E-state index in [9.17, 15) is 14.4 Å². The Balaban J connectivity index is 2.59. The number of anilines is 1. The number of carbonyl (C=O) groups is 3. The topological polar surface area (TPSA) is 108 Å². The van der Waals surface area contributed by atoms with Gasteiger partial charge in [-0.1, -0.05) is 13.8 Å². The standard InChI is InChI=1S/C13H19N3O4S/c1-8(2)7-9(15-10(17)3-4-11(18)19)12(20)16-13-14-5-6-21-13/h5-6,8-9H,3-4,7H2,1-2H3,(H,15,17)(H,18,19)(H,14,16,20). The van der Waals surface area contributed by atoms with Gasteiger partial charge in [0.2, 0.25) is 11.8 Å². The smallest absolute Gasteiger partial charge is 0.303 e. The number of carbonyl (C=O) groups excluding carboxylic acids is 2. The van der Waals surface area contributed by atoms with E-state index >= 15 is 0 Å². The molecule has 0 fully saturated rings. The minimum atomic E-state index is -1.04. The van der Waals surface area contributed by atoms with Gasteiger partial charge in [0.1, 0.15) is 6.04 Å². The molecule has 1 aromatic heterocycles. The average molecular weight is 313 g/mol. The van der Waals surface area contributed by atoms with Crippen molar-refractivity contribution >= 4 is 34.3 Å². The van der Waals surface area contributed by atoms with E-state index in [0.29, 0.717) is 11.6 Å². The highest BCUT2D eigenvalue weighted by molar-refractivity contribution is 7.13. The number of nitrogens with zero attached hydrogens (tertiary/aromatic N) is 1. The Labute approximate surface area is 126 Å². The third-order valence-electron chi connectivity index (χ3n) is 2.59. The second-order valence-electron chi connectivity index (χ2n) is 4.97. The quantitative estimate of drug-likeness (QED) is 0.673. The van der Waals surface area contributed by atoms with Gasteiger partial charge in [0, 0.05) is 18.0 Å². The van der Waals surface area contributed by atoms with Crippen LogP contribution in [0.3, 0.4) is 0 Å². The monoisotopic (exact) mass is 313 g/mol. The zero-order chi connectivity index (χ0) is 15.8. The van der Waals surface area contributed by atoms with Gasteiger partial charge in [-0.05, 0) is 12.3 Å². The molecule has 0 aromatic carbocycles. The van der Waals surface area contributed by atoms with Crippen LogP contribution in [0.1, 0.15) is 33.1 Å². The van der Waals surface area contributed by atoms with Crippen molar-refractivity contribution in [3.63, 3.8) is 0 Å². The van der Waals surface area contributed by atoms with Crippen molar-refractivity contribution in [2.75, 3.05) is 5.32 Å². The first-order valence-electron chi connectivity index (χ1n) is 6.60. The Morgan fingerprint density at radius 3 is 2.57 bits per heavy atom. The highest BCUT2D eigenvalue weighted by Gasteiger charge is 2.22. The van der Waals surface area contributed by atoms with Crippen LogP contribution in [0.15, 0.2) is 11.6 Å². The number of thiazole rings is 1. The third-order valence-corrected chi connectivity index (χ3v) is 3.28. The highest BCUT2D eigenvalue weighted by Crippen LogP contribution is 2.13. The lowest BCUT2D eigenvalue weighted by Crippen LogP contribution is -2.44. The first kappa shape index (κ1) is 17.1. The predicted octanol–water partition coefficient (Wildman–Crippen LogP) is 1.48. The molecule has 0 aliphatic carbocycles. The van der Waals surface area contributed by atoms with Crippen molar-refractivity contribution in [3.8, 4) is 0 Å². The number of aromatic nitrogens is 1. The lowest BCUT2D eigenvalue weighted by atomic mass is 10.0. The molecule has 0 aliphatic heterocycles. The summed E-state index contributed by atoms with van der Waals surface area (Å²) in [4.78, 5) is 38.2. The van der Waals surface area contributed by atoms with E-state index in [2.05, 4.69) is 15.6 Å². The molecule has 0 bridgehead atoms. The molecule has 1 rings (SSSR count). The molecule has 1 aromatic rings. The lowest BCUT2D eigenvalue weighted by Gasteiger charge is -2.19. The van der Waals surface area contributed by atoms with Crippen molar-refractivity contribution in [2.24, 2.45) is 5.92 Å². The van der Waals surface area contributed by atoms with Crippen LogP contribution in [0.25, 0.3) is 0 Å². The molecule has 1 atom stereocenters. The van der Waals surface area contributed by atoms with Crippen LogP contribution in [0.2, 0.25) is 0 Å². The number of hydrogen-bond donors (Lipinski definition) is 3. The molecule has 0 saturated carbocycles. The summed E-state index contributed by atoms with van der Waals surface area (Å²) in [5.74, 6) is -1.63. The molecule has 2 amide bonds. The van der Waals surface area contributed by atoms with Crippen LogP contribution in [-0.4, -0.2) is 33.9 Å². The molecule has 0 radical (unpaired) electrons. The van der Waals surface area contributed by atoms with E-state index in [4.69, 9.17) is 5.11 Å². The molecule has 7 nitrogen and oxygen atoms in total. The maximum atomic E-state index is 12.1. The molecule has 21 heavy (non-hydrogen) atoms. The summed E-state index contributed by atoms with van der Waals surface area (Å²) in [6.45, 7) is 3.88. The van der Waals surface area contributed by atoms with Crippen LogP contribution in [0, 0.1) is 5.92 Å². The molecule has 0 saturated heterocycles. The molecule has 116 valence electrons. The van der Waals surface area contributed by atoms with Crippen LogP contribution in [0.4, 0.5) is 5.13 Å². The van der Waals surface area contributed by atoms with Gasteiger partial charge in [-0.15, -0.1) is 11.3 Å². The van der Waals surface area contributed by atoms with Crippen LogP contribution in [0.5, 0.6) is 0 Å². The maximum Gasteiger partial charge on any atom is 0.303 e. The van der Waals surface area contributed by atoms with Crippen molar-refractivity contribution in [3.05, 3.63) is 11.6 Å². The minimum absolute atomic E-state index is 0.144. The van der Waals surface area contributed by atoms with Gasteiger partial charge in [-0.25, -0.2) is 4.98 Å². The summed E-state index contributed by atoms with van der Waals surface area (Å²) < 4.78 is 0. The van der Waals surface area contributed by atoms with E-state index in [0.717, 1.165) is 0 Å². The Morgan fingerprint density at radius 1 is 1.33 bits per heavy atom. The zero-order valence-electron chi connectivity index (χ0n) is 12.0. The van der Waals surface area contributed by atoms with Crippen molar-refractivity contribution in [2.45, 2.75) is 39.2 Å². The fourth-order valence-corrected chi connectivity index (χ4v) is 2.20. The molecule has 0 aliphatic rings. The number of hydrogen-bond acceptors (Lipinski definition) is 5. The number of nitrogens with one attached hydrogen (secondary N) is 2. The maximum absolute atomic E-state index is 12.1. The normalized spacial score (nSPS) is 12.0. The van der Waals surface area contributed by atoms with E-state index in [-0.39, 0.29) is 24.7 Å². The SMILES string of the molecule is CC(C)CC(NC(=O)CCC(=O)O)C(=O)Nc1nccs1. The van der Waals surface area contributed by atoms with Crippen molar-refractivity contribution in [1.82, 2.24) is 10.3 Å². The third kappa shape index (κ3) is 6.84. The van der Waals surface area contributed by atoms with E-state index in [1.807, 2.05) is 13.8 Å². The molecular weight excluding hydrogens is 294 g/mol. The Morgan fingerprint density at radius 2 is 2.05 bits per heavy atom. The van der Waals surface area contributed by atoms with Gasteiger partial charge in [-0.3, -0.25) is 14.4 Å². The first-order chi connectivity index (χ1) is 9.88. The van der Waals surface area contributed by atoms with Gasteiger partial charge in [0.15, 0.2) is 5.13 Å². The fraction of sp³-hybridized carbons (Fsp3) is 0.538. The molecular formula is C13H19N3O4S. The first-order valence-corrected chi connectivity index (χ1v) is 7.48. The Bertz CT molecular complexity index is 488. The van der Waals surface area contributed by atoms with E-state index in [1.165, 1.54) is 11.3 Å². The van der Waals surface area contributed by atoms with Gasteiger partial charge in [0.25, 0.3) is 0 Å². The molecule has 0 spiro atoms. The van der Waals surface area contributed by atoms with Crippen LogP contribution >= 0.6 is 11.3 Å². The van der Waals surface area contributed by atoms with Gasteiger partial charge in [-0.2, -0.15) is 0 Å². The second-order valence-corrected chi connectivity index (χ2v) is 5.86. The summed E-state index contributed by atoms with van der Waals surface area (Å²) in [7, 11) is 0. The summed E-state index contributed by atoms with van der Waals surface area (Å²) in [6, 6.07) is -0.699. The zero-order valence-corrected chi connectivity index (χ0v) is 12.8. The Kier molecular flexibility index (Phi) is 6.80. The summed E-state index contributed by atoms with van der Waals surface area (Å²) >= 11 is 1.29. The minimum Gasteiger partial charge on any atom is -0.481 e. The number of aliphatic carboxylic acids is 1. The number of carboxylic acids is 1. The molecule has 3 N–H and O–H groups in total. The fourth-order valence-electron chi connectivity index (χ4n) is 1.67. The van der Waals surface area contributed by atoms with E-state index < -0.39 is 17.9 Å².